The Bertz CT molecular complexity index is 352. The van der Waals surface area contributed by atoms with Crippen molar-refractivity contribution in [3.8, 4) is 0 Å². The van der Waals surface area contributed by atoms with Gasteiger partial charge in [0.15, 0.2) is 0 Å². The molecule has 0 radical (unpaired) electrons. The van der Waals surface area contributed by atoms with Crippen LogP contribution in [-0.2, 0) is 11.3 Å². The van der Waals surface area contributed by atoms with E-state index >= 15 is 0 Å². The van der Waals surface area contributed by atoms with Crippen LogP contribution < -0.4 is 5.32 Å². The van der Waals surface area contributed by atoms with Gasteiger partial charge in [-0.25, -0.2) is 0 Å². The standard InChI is InChI=1S/C14H22N2O/c1-16(2)9-5-8-15-14-11-17-10-12-6-3-4-7-13(12)14/h3-4,6-7,14-15H,5,8-11H2,1-2H3. The summed E-state index contributed by atoms with van der Waals surface area (Å²) in [6.45, 7) is 3.72. The van der Waals surface area contributed by atoms with Crippen LogP contribution in [-0.4, -0.2) is 38.7 Å². The predicted molar refractivity (Wildman–Crippen MR) is 70.0 cm³/mol. The number of nitrogens with zero attached hydrogens (tertiary/aromatic N) is 1. The number of benzene rings is 1. The van der Waals surface area contributed by atoms with Crippen LogP contribution >= 0.6 is 0 Å². The highest BCUT2D eigenvalue weighted by Crippen LogP contribution is 2.24. The van der Waals surface area contributed by atoms with Crippen molar-refractivity contribution in [3.63, 3.8) is 0 Å². The van der Waals surface area contributed by atoms with Gasteiger partial charge >= 0.3 is 0 Å². The molecule has 0 spiro atoms. The van der Waals surface area contributed by atoms with Gasteiger partial charge in [-0.1, -0.05) is 24.3 Å². The molecule has 1 aromatic carbocycles. The number of hydrogen-bond acceptors (Lipinski definition) is 3. The molecule has 0 aromatic heterocycles. The second kappa shape index (κ2) is 6.15. The van der Waals surface area contributed by atoms with E-state index in [4.69, 9.17) is 4.74 Å². The first kappa shape index (κ1) is 12.6. The first-order chi connectivity index (χ1) is 8.27. The number of rotatable bonds is 5. The molecule has 94 valence electrons. The first-order valence-corrected chi connectivity index (χ1v) is 6.31. The molecule has 0 amide bonds. The van der Waals surface area contributed by atoms with Crippen molar-refractivity contribution in [2.24, 2.45) is 0 Å². The quantitative estimate of drug-likeness (QED) is 0.786. The van der Waals surface area contributed by atoms with Gasteiger partial charge in [0.2, 0.25) is 0 Å². The highest BCUT2D eigenvalue weighted by Gasteiger charge is 2.19. The van der Waals surface area contributed by atoms with Crippen LogP contribution in [0.25, 0.3) is 0 Å². The first-order valence-electron chi connectivity index (χ1n) is 6.31. The molecule has 0 bridgehead atoms. The van der Waals surface area contributed by atoms with Crippen LogP contribution in [0.4, 0.5) is 0 Å². The molecule has 0 fully saturated rings. The lowest BCUT2D eigenvalue weighted by atomic mass is 9.99. The van der Waals surface area contributed by atoms with Crippen LogP contribution in [0.5, 0.6) is 0 Å². The monoisotopic (exact) mass is 234 g/mol. The molecule has 1 aliphatic rings. The Morgan fingerprint density at radius 2 is 2.18 bits per heavy atom. The third kappa shape index (κ3) is 3.53. The van der Waals surface area contributed by atoms with Crippen LogP contribution in [0, 0.1) is 0 Å². The highest BCUT2D eigenvalue weighted by molar-refractivity contribution is 5.30. The van der Waals surface area contributed by atoms with Crippen molar-refractivity contribution in [2.45, 2.75) is 19.1 Å². The maximum absolute atomic E-state index is 5.61. The van der Waals surface area contributed by atoms with E-state index in [1.54, 1.807) is 0 Å². The summed E-state index contributed by atoms with van der Waals surface area (Å²) in [6.07, 6.45) is 1.17. The second-order valence-corrected chi connectivity index (χ2v) is 4.88. The largest absolute Gasteiger partial charge is 0.375 e. The maximum Gasteiger partial charge on any atom is 0.0721 e. The molecule has 1 aromatic rings. The zero-order chi connectivity index (χ0) is 12.1. The van der Waals surface area contributed by atoms with Gasteiger partial charge in [0.05, 0.1) is 19.3 Å². The Kier molecular flexibility index (Phi) is 4.54. The minimum atomic E-state index is 0.363. The van der Waals surface area contributed by atoms with Crippen LogP contribution in [0.3, 0.4) is 0 Å². The van der Waals surface area contributed by atoms with Crippen molar-refractivity contribution >= 4 is 0 Å². The molecule has 2 rings (SSSR count). The lowest BCUT2D eigenvalue weighted by molar-refractivity contribution is 0.0820. The summed E-state index contributed by atoms with van der Waals surface area (Å²) in [6, 6.07) is 8.92. The van der Waals surface area contributed by atoms with E-state index in [9.17, 15) is 0 Å². The minimum Gasteiger partial charge on any atom is -0.375 e. The normalized spacial score (nSPS) is 19.4. The second-order valence-electron chi connectivity index (χ2n) is 4.88. The Labute approximate surface area is 104 Å². The smallest absolute Gasteiger partial charge is 0.0721 e. The van der Waals surface area contributed by atoms with Crippen molar-refractivity contribution < 1.29 is 4.74 Å². The molecule has 3 nitrogen and oxygen atoms in total. The average molecular weight is 234 g/mol. The third-order valence-electron chi connectivity index (χ3n) is 3.15. The highest BCUT2D eigenvalue weighted by atomic mass is 16.5. The van der Waals surface area contributed by atoms with Crippen LogP contribution in [0.1, 0.15) is 23.6 Å². The molecule has 1 aliphatic heterocycles. The van der Waals surface area contributed by atoms with Gasteiger partial charge in [-0.05, 0) is 44.7 Å². The Morgan fingerprint density at radius 1 is 1.35 bits per heavy atom. The zero-order valence-electron chi connectivity index (χ0n) is 10.8. The van der Waals surface area contributed by atoms with Crippen LogP contribution in [0.2, 0.25) is 0 Å². The van der Waals surface area contributed by atoms with Crippen molar-refractivity contribution in [3.05, 3.63) is 35.4 Å². The van der Waals surface area contributed by atoms with Gasteiger partial charge in [0, 0.05) is 0 Å². The predicted octanol–water partition coefficient (Wildman–Crippen LogP) is 1.80. The summed E-state index contributed by atoms with van der Waals surface area (Å²) in [5, 5.41) is 3.58. The van der Waals surface area contributed by atoms with E-state index in [2.05, 4.69) is 48.6 Å². The lowest BCUT2D eigenvalue weighted by Crippen LogP contribution is -2.31. The summed E-state index contributed by atoms with van der Waals surface area (Å²) in [7, 11) is 4.22. The molecule has 0 saturated carbocycles. The van der Waals surface area contributed by atoms with E-state index in [1.807, 2.05) is 0 Å². The number of ether oxygens (including phenoxy) is 1. The van der Waals surface area contributed by atoms with Crippen LogP contribution in [0.15, 0.2) is 24.3 Å². The fourth-order valence-corrected chi connectivity index (χ4v) is 2.22. The molecule has 3 heteroatoms. The Hall–Kier alpha value is -0.900. The number of nitrogens with one attached hydrogen (secondary N) is 1. The molecule has 0 aliphatic carbocycles. The summed E-state index contributed by atoms with van der Waals surface area (Å²) in [5.41, 5.74) is 2.73. The fraction of sp³-hybridized carbons (Fsp3) is 0.571. The summed E-state index contributed by atoms with van der Waals surface area (Å²) in [5.74, 6) is 0. The van der Waals surface area contributed by atoms with Crippen molar-refractivity contribution in [2.75, 3.05) is 33.8 Å². The van der Waals surface area contributed by atoms with Gasteiger partial charge < -0.3 is 15.0 Å². The molecular formula is C14H22N2O. The molecule has 1 heterocycles. The molecule has 1 atom stereocenters. The molecular weight excluding hydrogens is 212 g/mol. The maximum atomic E-state index is 5.61. The van der Waals surface area contributed by atoms with E-state index in [0.717, 1.165) is 26.3 Å². The lowest BCUT2D eigenvalue weighted by Gasteiger charge is -2.26. The number of hydrogen-bond donors (Lipinski definition) is 1. The average Bonchev–Trinajstić information content (AvgIpc) is 2.34. The third-order valence-corrected chi connectivity index (χ3v) is 3.15. The van der Waals surface area contributed by atoms with Crippen molar-refractivity contribution in [1.82, 2.24) is 10.2 Å². The molecule has 1 unspecified atom stereocenters. The van der Waals surface area contributed by atoms with Gasteiger partial charge in [-0.2, -0.15) is 0 Å². The topological polar surface area (TPSA) is 24.5 Å². The summed E-state index contributed by atoms with van der Waals surface area (Å²) < 4.78 is 5.61. The Morgan fingerprint density at radius 3 is 3.00 bits per heavy atom. The number of fused-ring (bicyclic) bond motifs is 1. The minimum absolute atomic E-state index is 0.363. The molecule has 0 saturated heterocycles. The van der Waals surface area contributed by atoms with E-state index in [1.165, 1.54) is 17.5 Å². The molecule has 17 heavy (non-hydrogen) atoms. The van der Waals surface area contributed by atoms with Gasteiger partial charge in [0.1, 0.15) is 0 Å². The fourth-order valence-electron chi connectivity index (χ4n) is 2.22. The van der Waals surface area contributed by atoms with Crippen molar-refractivity contribution in [1.29, 1.82) is 0 Å². The van der Waals surface area contributed by atoms with E-state index in [-0.39, 0.29) is 0 Å². The van der Waals surface area contributed by atoms with Gasteiger partial charge in [-0.3, -0.25) is 0 Å². The Balaban J connectivity index is 1.86. The van der Waals surface area contributed by atoms with E-state index < -0.39 is 0 Å². The zero-order valence-corrected chi connectivity index (χ0v) is 10.8. The summed E-state index contributed by atoms with van der Waals surface area (Å²) >= 11 is 0. The summed E-state index contributed by atoms with van der Waals surface area (Å²) in [4.78, 5) is 2.22. The van der Waals surface area contributed by atoms with Gasteiger partial charge in [-0.15, -0.1) is 0 Å². The SMILES string of the molecule is CN(C)CCCNC1COCc2ccccc21. The van der Waals surface area contributed by atoms with Gasteiger partial charge in [0.25, 0.3) is 0 Å². The molecule has 1 N–H and O–H groups in total. The van der Waals surface area contributed by atoms with E-state index in [0.29, 0.717) is 6.04 Å².